The van der Waals surface area contributed by atoms with Crippen molar-refractivity contribution in [1.29, 1.82) is 0 Å². The van der Waals surface area contributed by atoms with Crippen LogP contribution in [0, 0.1) is 5.92 Å². The van der Waals surface area contributed by atoms with E-state index in [-0.39, 0.29) is 12.0 Å². The highest BCUT2D eigenvalue weighted by Gasteiger charge is 2.36. The topological polar surface area (TPSA) is 65.7 Å². The van der Waals surface area contributed by atoms with E-state index in [0.29, 0.717) is 11.9 Å². The fraction of sp³-hybridized carbons (Fsp3) is 0.700. The van der Waals surface area contributed by atoms with E-state index < -0.39 is 0 Å². The van der Waals surface area contributed by atoms with Gasteiger partial charge in [-0.05, 0) is 63.0 Å². The molecule has 4 rings (SSSR count). The molecule has 0 radical (unpaired) electrons. The van der Waals surface area contributed by atoms with Crippen molar-refractivity contribution in [1.82, 2.24) is 19.7 Å². The van der Waals surface area contributed by atoms with Crippen LogP contribution in [0.25, 0.3) is 0 Å². The van der Waals surface area contributed by atoms with E-state index in [2.05, 4.69) is 26.9 Å². The van der Waals surface area contributed by atoms with Crippen molar-refractivity contribution in [2.75, 3.05) is 39.3 Å². The fourth-order valence-corrected chi connectivity index (χ4v) is 4.68. The number of amides is 1. The second-order valence-corrected chi connectivity index (χ2v) is 8.20. The van der Waals surface area contributed by atoms with Crippen LogP contribution in [-0.4, -0.2) is 76.9 Å². The Kier molecular flexibility index (Phi) is 5.52. The number of piperidine rings is 2. The average molecular weight is 358 g/mol. The molecule has 2 N–H and O–H groups in total. The van der Waals surface area contributed by atoms with E-state index in [1.807, 2.05) is 17.3 Å². The molecule has 1 amide bonds. The van der Waals surface area contributed by atoms with Gasteiger partial charge < -0.3 is 10.6 Å². The zero-order valence-corrected chi connectivity index (χ0v) is 15.6. The van der Waals surface area contributed by atoms with E-state index in [1.165, 1.54) is 18.4 Å². The molecule has 1 atom stereocenters. The Morgan fingerprint density at radius 3 is 2.50 bits per heavy atom. The normalized spacial score (nSPS) is 26.7. The van der Waals surface area contributed by atoms with Crippen LogP contribution in [0.1, 0.15) is 31.2 Å². The molecule has 26 heavy (non-hydrogen) atoms. The zero-order chi connectivity index (χ0) is 17.9. The third-order valence-electron chi connectivity index (χ3n) is 6.25. The molecule has 0 aliphatic carbocycles. The highest BCUT2D eigenvalue weighted by molar-refractivity contribution is 5.80. The third-order valence-corrected chi connectivity index (χ3v) is 6.25. The molecular weight excluding hydrogens is 326 g/mol. The van der Waals surface area contributed by atoms with E-state index in [0.717, 1.165) is 58.7 Å². The number of nitrogens with zero attached hydrogens (tertiary/aromatic N) is 4. The van der Waals surface area contributed by atoms with Crippen molar-refractivity contribution >= 4 is 5.91 Å². The molecule has 3 aliphatic rings. The number of hydrogen-bond acceptors (Lipinski definition) is 5. The number of hydrogen-bond donors (Lipinski definition) is 1. The molecule has 3 saturated heterocycles. The lowest BCUT2D eigenvalue weighted by Crippen LogP contribution is -2.60. The lowest BCUT2D eigenvalue weighted by atomic mass is 9.91. The van der Waals surface area contributed by atoms with Crippen molar-refractivity contribution in [3.8, 4) is 0 Å². The van der Waals surface area contributed by atoms with Gasteiger partial charge >= 0.3 is 0 Å². The van der Waals surface area contributed by atoms with Crippen LogP contribution in [0.3, 0.4) is 0 Å². The molecule has 1 aromatic rings. The summed E-state index contributed by atoms with van der Waals surface area (Å²) in [5, 5.41) is 0. The summed E-state index contributed by atoms with van der Waals surface area (Å²) in [7, 11) is 0. The number of rotatable bonds is 4. The standard InChI is InChI=1S/C20H31N5O/c21-18-14-25(15-18)20(26)17-2-1-9-24(13-17)19-5-10-23(11-6-19)12-16-3-7-22-8-4-16/h3-4,7-8,17-19H,1-2,5-6,9-15,21H2/t17-/m1/s1. The lowest BCUT2D eigenvalue weighted by molar-refractivity contribution is -0.142. The molecule has 0 aromatic carbocycles. The van der Waals surface area contributed by atoms with Gasteiger partial charge in [0.25, 0.3) is 0 Å². The first-order valence-corrected chi connectivity index (χ1v) is 10.1. The highest BCUT2D eigenvalue weighted by atomic mass is 16.2. The van der Waals surface area contributed by atoms with Crippen LogP contribution < -0.4 is 5.73 Å². The molecular formula is C20H31N5O. The summed E-state index contributed by atoms with van der Waals surface area (Å²) in [6.07, 6.45) is 8.35. The minimum Gasteiger partial charge on any atom is -0.339 e. The first-order chi connectivity index (χ1) is 12.7. The second-order valence-electron chi connectivity index (χ2n) is 8.20. The van der Waals surface area contributed by atoms with Gasteiger partial charge in [-0.2, -0.15) is 0 Å². The van der Waals surface area contributed by atoms with Gasteiger partial charge in [0.15, 0.2) is 0 Å². The Morgan fingerprint density at radius 2 is 1.81 bits per heavy atom. The van der Waals surface area contributed by atoms with Crippen LogP contribution in [0.15, 0.2) is 24.5 Å². The molecule has 3 fully saturated rings. The van der Waals surface area contributed by atoms with Gasteiger partial charge in [0.2, 0.25) is 5.91 Å². The molecule has 6 heteroatoms. The molecule has 142 valence electrons. The summed E-state index contributed by atoms with van der Waals surface area (Å²) in [4.78, 5) is 23.8. The highest BCUT2D eigenvalue weighted by Crippen LogP contribution is 2.26. The Labute approximate surface area is 156 Å². The molecule has 0 unspecified atom stereocenters. The summed E-state index contributed by atoms with van der Waals surface area (Å²) in [6.45, 7) is 6.90. The van der Waals surface area contributed by atoms with E-state index in [9.17, 15) is 4.79 Å². The summed E-state index contributed by atoms with van der Waals surface area (Å²) < 4.78 is 0. The van der Waals surface area contributed by atoms with Gasteiger partial charge in [0.1, 0.15) is 0 Å². The Bertz CT molecular complexity index is 595. The minimum atomic E-state index is 0.186. The SMILES string of the molecule is NC1CN(C(=O)[C@@H]2CCCN(C3CCN(Cc4ccncc4)CC3)C2)C1. The van der Waals surface area contributed by atoms with Crippen LogP contribution in [0.4, 0.5) is 0 Å². The van der Waals surface area contributed by atoms with Crippen LogP contribution in [0.5, 0.6) is 0 Å². The van der Waals surface area contributed by atoms with Crippen LogP contribution in [-0.2, 0) is 11.3 Å². The summed E-state index contributed by atoms with van der Waals surface area (Å²) in [5.41, 5.74) is 7.18. The van der Waals surface area contributed by atoms with Crippen molar-refractivity contribution in [3.63, 3.8) is 0 Å². The second kappa shape index (κ2) is 8.03. The molecule has 0 saturated carbocycles. The minimum absolute atomic E-state index is 0.186. The van der Waals surface area contributed by atoms with Gasteiger partial charge in [0, 0.05) is 50.7 Å². The largest absolute Gasteiger partial charge is 0.339 e. The first-order valence-electron chi connectivity index (χ1n) is 10.1. The zero-order valence-electron chi connectivity index (χ0n) is 15.6. The number of nitrogens with two attached hydrogens (primary N) is 1. The van der Waals surface area contributed by atoms with E-state index in [4.69, 9.17) is 5.73 Å². The third kappa shape index (κ3) is 4.08. The number of carbonyl (C=O) groups is 1. The molecule has 1 aromatic heterocycles. The van der Waals surface area contributed by atoms with E-state index in [1.54, 1.807) is 0 Å². The number of pyridine rings is 1. The molecule has 0 spiro atoms. The predicted molar refractivity (Wildman–Crippen MR) is 101 cm³/mol. The number of likely N-dealkylation sites (tertiary alicyclic amines) is 3. The summed E-state index contributed by atoms with van der Waals surface area (Å²) >= 11 is 0. The first kappa shape index (κ1) is 17.9. The van der Waals surface area contributed by atoms with Crippen molar-refractivity contribution in [3.05, 3.63) is 30.1 Å². The van der Waals surface area contributed by atoms with E-state index >= 15 is 0 Å². The summed E-state index contributed by atoms with van der Waals surface area (Å²) in [5.74, 6) is 0.526. The van der Waals surface area contributed by atoms with Crippen molar-refractivity contribution in [2.45, 2.75) is 44.3 Å². The average Bonchev–Trinajstić information content (AvgIpc) is 2.66. The lowest BCUT2D eigenvalue weighted by Gasteiger charge is -2.44. The molecule has 3 aliphatic heterocycles. The molecule has 6 nitrogen and oxygen atoms in total. The van der Waals surface area contributed by atoms with Crippen LogP contribution in [0.2, 0.25) is 0 Å². The smallest absolute Gasteiger partial charge is 0.227 e. The Hall–Kier alpha value is -1.50. The Morgan fingerprint density at radius 1 is 1.08 bits per heavy atom. The maximum Gasteiger partial charge on any atom is 0.227 e. The van der Waals surface area contributed by atoms with Crippen molar-refractivity contribution < 1.29 is 4.79 Å². The van der Waals surface area contributed by atoms with Crippen molar-refractivity contribution in [2.24, 2.45) is 11.7 Å². The van der Waals surface area contributed by atoms with Gasteiger partial charge in [-0.1, -0.05) is 0 Å². The number of carbonyl (C=O) groups excluding carboxylic acids is 1. The van der Waals surface area contributed by atoms with Gasteiger partial charge in [-0.25, -0.2) is 0 Å². The van der Waals surface area contributed by atoms with Gasteiger partial charge in [-0.3, -0.25) is 19.6 Å². The predicted octanol–water partition coefficient (Wildman–Crippen LogP) is 0.928. The van der Waals surface area contributed by atoms with Gasteiger partial charge in [-0.15, -0.1) is 0 Å². The molecule has 4 heterocycles. The monoisotopic (exact) mass is 357 g/mol. The Balaban J connectivity index is 1.25. The maximum absolute atomic E-state index is 12.6. The summed E-state index contributed by atoms with van der Waals surface area (Å²) in [6, 6.07) is 5.05. The van der Waals surface area contributed by atoms with Gasteiger partial charge in [0.05, 0.1) is 5.92 Å². The van der Waals surface area contributed by atoms with Crippen LogP contribution >= 0.6 is 0 Å². The quantitative estimate of drug-likeness (QED) is 0.868. The maximum atomic E-state index is 12.6. The fourth-order valence-electron chi connectivity index (χ4n) is 4.68. The number of aromatic nitrogens is 1. The molecule has 0 bridgehead atoms.